The van der Waals surface area contributed by atoms with E-state index >= 15 is 0 Å². The fourth-order valence-electron chi connectivity index (χ4n) is 4.77. The summed E-state index contributed by atoms with van der Waals surface area (Å²) in [6, 6.07) is 40.4. The van der Waals surface area contributed by atoms with Gasteiger partial charge in [-0.25, -0.2) is 0 Å². The molecule has 0 amide bonds. The van der Waals surface area contributed by atoms with E-state index in [0.717, 1.165) is 37.9 Å². The van der Waals surface area contributed by atoms with Crippen LogP contribution in [0.3, 0.4) is 0 Å². The van der Waals surface area contributed by atoms with E-state index in [1.807, 2.05) is 6.07 Å². The zero-order valence-corrected chi connectivity index (χ0v) is 17.7. The third kappa shape index (κ3) is 2.80. The average Bonchev–Trinajstić information content (AvgIpc) is 2.84. The van der Waals surface area contributed by atoms with Crippen molar-refractivity contribution in [2.45, 2.75) is 0 Å². The highest BCUT2D eigenvalue weighted by Gasteiger charge is 2.13. The predicted octanol–water partition coefficient (Wildman–Crippen LogP) is 6.90. The summed E-state index contributed by atoms with van der Waals surface area (Å²) in [5.74, 6) is 0. The van der Waals surface area contributed by atoms with Crippen LogP contribution >= 0.6 is 0 Å². The van der Waals surface area contributed by atoms with Crippen LogP contribution in [-0.4, -0.2) is 0 Å². The summed E-state index contributed by atoms with van der Waals surface area (Å²) in [4.78, 5) is 0. The van der Waals surface area contributed by atoms with Crippen LogP contribution in [0.25, 0.3) is 67.7 Å². The maximum Gasteiger partial charge on any atom is 0.0327 e. The number of hydrogen-bond donors (Lipinski definition) is 0. The summed E-state index contributed by atoms with van der Waals surface area (Å²) in [6.45, 7) is 8.99. The molecule has 0 saturated carbocycles. The van der Waals surface area contributed by atoms with Gasteiger partial charge in [0.05, 0.1) is 0 Å². The largest absolute Gasteiger partial charge is 0.0905 e. The van der Waals surface area contributed by atoms with E-state index in [2.05, 4.69) is 116 Å². The van der Waals surface area contributed by atoms with E-state index in [0.29, 0.717) is 0 Å². The van der Waals surface area contributed by atoms with Crippen molar-refractivity contribution in [3.63, 3.8) is 0 Å². The molecule has 0 radical (unpaired) electrons. The van der Waals surface area contributed by atoms with Gasteiger partial charge in [0, 0.05) is 5.39 Å². The van der Waals surface area contributed by atoms with Crippen LogP contribution in [0.5, 0.6) is 0 Å². The molecular weight excluding hydrogens is 384 g/mol. The molecule has 6 aromatic carbocycles. The van der Waals surface area contributed by atoms with Crippen molar-refractivity contribution in [2.24, 2.45) is 0 Å². The van der Waals surface area contributed by atoms with E-state index in [1.54, 1.807) is 0 Å². The Bertz CT molecular complexity index is 1620. The maximum absolute atomic E-state index is 4.50. The lowest BCUT2D eigenvalue weighted by atomic mass is 9.88. The lowest BCUT2D eigenvalue weighted by Gasteiger charge is -2.15. The van der Waals surface area contributed by atoms with Crippen LogP contribution in [0.4, 0.5) is 0 Å². The SMILES string of the molecule is C=c1c(-c2ccc3ccc#cc3c2)c2ccccc2c(-c2ccc3ccccc3c2)c1=C. The first-order valence-electron chi connectivity index (χ1n) is 10.7. The monoisotopic (exact) mass is 404 g/mol. The molecule has 0 atom stereocenters. The zero-order chi connectivity index (χ0) is 21.7. The second-order valence-corrected chi connectivity index (χ2v) is 8.22. The average molecular weight is 405 g/mol. The second kappa shape index (κ2) is 7.12. The van der Waals surface area contributed by atoms with Gasteiger partial charge in [-0.2, -0.15) is 0 Å². The summed E-state index contributed by atoms with van der Waals surface area (Å²) in [5.41, 5.74) is 4.59. The molecular formula is C32H20. The molecule has 0 spiro atoms. The Morgan fingerprint density at radius 3 is 1.84 bits per heavy atom. The Morgan fingerprint density at radius 2 is 1.12 bits per heavy atom. The molecule has 0 unspecified atom stereocenters. The molecule has 6 aromatic rings. The summed E-state index contributed by atoms with van der Waals surface area (Å²) in [7, 11) is 0. The van der Waals surface area contributed by atoms with Crippen LogP contribution in [0.2, 0.25) is 0 Å². The summed E-state index contributed by atoms with van der Waals surface area (Å²) < 4.78 is 0. The van der Waals surface area contributed by atoms with Gasteiger partial charge in [0.25, 0.3) is 0 Å². The van der Waals surface area contributed by atoms with Gasteiger partial charge in [-0.3, -0.25) is 0 Å². The molecule has 0 heterocycles. The first kappa shape index (κ1) is 18.4. The van der Waals surface area contributed by atoms with Crippen molar-refractivity contribution < 1.29 is 0 Å². The van der Waals surface area contributed by atoms with Crippen LogP contribution in [0.1, 0.15) is 0 Å². The fraction of sp³-hybridized carbons (Fsp3) is 0. The van der Waals surface area contributed by atoms with Gasteiger partial charge in [0.15, 0.2) is 0 Å². The van der Waals surface area contributed by atoms with E-state index < -0.39 is 0 Å². The lowest BCUT2D eigenvalue weighted by Crippen LogP contribution is -2.27. The summed E-state index contributed by atoms with van der Waals surface area (Å²) in [6.07, 6.45) is 0. The molecule has 0 aromatic heterocycles. The minimum Gasteiger partial charge on any atom is -0.0905 e. The summed E-state index contributed by atoms with van der Waals surface area (Å²) >= 11 is 0. The Hall–Kier alpha value is -4.34. The fourth-order valence-corrected chi connectivity index (χ4v) is 4.77. The van der Waals surface area contributed by atoms with E-state index in [9.17, 15) is 0 Å². The zero-order valence-electron chi connectivity index (χ0n) is 17.7. The van der Waals surface area contributed by atoms with Crippen molar-refractivity contribution >= 4 is 45.5 Å². The number of hydrogen-bond acceptors (Lipinski definition) is 0. The normalized spacial score (nSPS) is 11.1. The second-order valence-electron chi connectivity index (χ2n) is 8.22. The van der Waals surface area contributed by atoms with Gasteiger partial charge >= 0.3 is 0 Å². The van der Waals surface area contributed by atoms with E-state index in [1.165, 1.54) is 27.1 Å². The smallest absolute Gasteiger partial charge is 0.0327 e. The van der Waals surface area contributed by atoms with Crippen LogP contribution < -0.4 is 10.4 Å². The highest BCUT2D eigenvalue weighted by molar-refractivity contribution is 6.07. The van der Waals surface area contributed by atoms with Gasteiger partial charge in [-0.1, -0.05) is 98.1 Å². The van der Waals surface area contributed by atoms with Crippen molar-refractivity contribution in [1.29, 1.82) is 0 Å². The van der Waals surface area contributed by atoms with Crippen LogP contribution in [0.15, 0.2) is 97.1 Å². The van der Waals surface area contributed by atoms with E-state index in [4.69, 9.17) is 0 Å². The van der Waals surface area contributed by atoms with Crippen LogP contribution in [-0.2, 0) is 0 Å². The first-order chi connectivity index (χ1) is 15.7. The topological polar surface area (TPSA) is 0 Å². The Kier molecular flexibility index (Phi) is 4.10. The number of rotatable bonds is 2. The number of benzene rings is 5. The molecule has 0 bridgehead atoms. The van der Waals surface area contributed by atoms with E-state index in [-0.39, 0.29) is 0 Å². The van der Waals surface area contributed by atoms with Crippen LogP contribution in [0, 0.1) is 12.1 Å². The van der Waals surface area contributed by atoms with Crippen molar-refractivity contribution in [3.8, 4) is 22.3 Å². The third-order valence-electron chi connectivity index (χ3n) is 6.37. The molecule has 0 nitrogen and oxygen atoms in total. The van der Waals surface area contributed by atoms with Gasteiger partial charge in [0.2, 0.25) is 0 Å². The quantitative estimate of drug-likeness (QED) is 0.294. The minimum absolute atomic E-state index is 0.964. The van der Waals surface area contributed by atoms with Gasteiger partial charge < -0.3 is 0 Å². The van der Waals surface area contributed by atoms with Crippen molar-refractivity contribution in [3.05, 3.63) is 120 Å². The highest BCUT2D eigenvalue weighted by Crippen LogP contribution is 2.33. The lowest BCUT2D eigenvalue weighted by molar-refractivity contribution is 1.55. The number of fused-ring (bicyclic) bond motifs is 3. The van der Waals surface area contributed by atoms with Gasteiger partial charge in [-0.15, -0.1) is 0 Å². The summed E-state index contributed by atoms with van der Waals surface area (Å²) in [5, 5.41) is 8.99. The molecule has 0 N–H and O–H groups in total. The molecule has 0 saturated heterocycles. The molecule has 0 heteroatoms. The Labute approximate surface area is 187 Å². The van der Waals surface area contributed by atoms with Gasteiger partial charge in [-0.05, 0) is 83.9 Å². The molecule has 0 aliphatic heterocycles. The molecule has 0 aliphatic rings. The Balaban J connectivity index is 1.68. The third-order valence-corrected chi connectivity index (χ3v) is 6.37. The van der Waals surface area contributed by atoms with Crippen molar-refractivity contribution in [1.82, 2.24) is 0 Å². The standard InChI is InChI=1S/C32H20/c1-21-22(2)32(28-18-16-24-10-4-6-12-26(24)20-28)30-14-8-7-13-29(30)31(21)27-17-15-23-9-3-5-11-25(23)19-27/h3-5,7-11,13-20H,1-2H2. The van der Waals surface area contributed by atoms with Gasteiger partial charge in [0.1, 0.15) is 0 Å². The minimum atomic E-state index is 0.964. The molecule has 6 rings (SSSR count). The predicted molar refractivity (Wildman–Crippen MR) is 138 cm³/mol. The molecule has 0 aliphatic carbocycles. The molecule has 0 fully saturated rings. The molecule has 32 heavy (non-hydrogen) atoms. The Morgan fingerprint density at radius 1 is 0.531 bits per heavy atom. The first-order valence-corrected chi connectivity index (χ1v) is 10.7. The highest BCUT2D eigenvalue weighted by atomic mass is 14.2. The molecule has 148 valence electrons. The maximum atomic E-state index is 4.50. The van der Waals surface area contributed by atoms with Crippen molar-refractivity contribution in [2.75, 3.05) is 0 Å².